The van der Waals surface area contributed by atoms with E-state index in [2.05, 4.69) is 10.3 Å². The fraction of sp³-hybridized carbons (Fsp3) is 0.143. The van der Waals surface area contributed by atoms with Crippen molar-refractivity contribution < 1.29 is 15.1 Å². The largest absolute Gasteiger partial charge is 0.504 e. The molecule has 1 rings (SSSR count). The molecule has 0 bridgehead atoms. The Hall–Kier alpha value is -1.42. The van der Waals surface area contributed by atoms with Gasteiger partial charge in [-0.15, -0.1) is 0 Å². The smallest absolute Gasteiger partial charge is 0.159 e. The van der Waals surface area contributed by atoms with E-state index in [1.807, 2.05) is 0 Å². The van der Waals surface area contributed by atoms with Gasteiger partial charge in [-0.05, 0) is 12.1 Å². The van der Waals surface area contributed by atoms with Crippen LogP contribution in [0, 0.1) is 0 Å². The van der Waals surface area contributed by atoms with Crippen molar-refractivity contribution >= 4 is 5.69 Å². The highest BCUT2D eigenvalue weighted by molar-refractivity contribution is 5.52. The zero-order chi connectivity index (χ0) is 8.27. The highest BCUT2D eigenvalue weighted by Gasteiger charge is 1.98. The van der Waals surface area contributed by atoms with E-state index < -0.39 is 0 Å². The van der Waals surface area contributed by atoms with Crippen LogP contribution in [0.4, 0.5) is 5.69 Å². The van der Waals surface area contributed by atoms with Crippen LogP contribution in [-0.2, 0) is 4.84 Å². The van der Waals surface area contributed by atoms with Gasteiger partial charge in [0, 0.05) is 6.07 Å². The normalized spacial score (nSPS) is 9.55. The van der Waals surface area contributed by atoms with Gasteiger partial charge in [0.15, 0.2) is 11.5 Å². The molecule has 1 aromatic rings. The van der Waals surface area contributed by atoms with E-state index in [0.29, 0.717) is 5.69 Å². The van der Waals surface area contributed by atoms with Gasteiger partial charge in [-0.25, -0.2) is 0 Å². The average molecular weight is 155 g/mol. The maximum atomic E-state index is 8.98. The third-order valence-corrected chi connectivity index (χ3v) is 1.20. The summed E-state index contributed by atoms with van der Waals surface area (Å²) in [5, 5.41) is 17.9. The van der Waals surface area contributed by atoms with Gasteiger partial charge in [0.05, 0.1) is 12.8 Å². The minimum atomic E-state index is -0.174. The van der Waals surface area contributed by atoms with Gasteiger partial charge < -0.3 is 10.2 Å². The summed E-state index contributed by atoms with van der Waals surface area (Å²) in [5.74, 6) is -0.321. The van der Waals surface area contributed by atoms with Crippen LogP contribution in [0.25, 0.3) is 0 Å². The van der Waals surface area contributed by atoms with Crippen LogP contribution in [-0.4, -0.2) is 17.3 Å². The molecule has 4 nitrogen and oxygen atoms in total. The van der Waals surface area contributed by atoms with E-state index in [1.165, 1.54) is 19.2 Å². The zero-order valence-corrected chi connectivity index (χ0v) is 6.03. The lowest BCUT2D eigenvalue weighted by molar-refractivity contribution is 0.270. The van der Waals surface area contributed by atoms with Gasteiger partial charge in [-0.1, -0.05) is 0 Å². The monoisotopic (exact) mass is 155 g/mol. The second-order valence-corrected chi connectivity index (χ2v) is 2.01. The molecule has 0 saturated carbocycles. The van der Waals surface area contributed by atoms with Crippen molar-refractivity contribution in [2.24, 2.45) is 0 Å². The van der Waals surface area contributed by atoms with Crippen LogP contribution >= 0.6 is 0 Å². The van der Waals surface area contributed by atoms with E-state index in [-0.39, 0.29) is 11.5 Å². The quantitative estimate of drug-likeness (QED) is 0.339. The molecule has 0 atom stereocenters. The van der Waals surface area contributed by atoms with Gasteiger partial charge in [0.2, 0.25) is 0 Å². The van der Waals surface area contributed by atoms with E-state index in [1.54, 1.807) is 6.07 Å². The number of phenols is 2. The molecule has 0 aromatic heterocycles. The summed E-state index contributed by atoms with van der Waals surface area (Å²) in [6, 6.07) is 4.31. The van der Waals surface area contributed by atoms with E-state index >= 15 is 0 Å². The molecule has 0 spiro atoms. The Morgan fingerprint density at radius 2 is 2.00 bits per heavy atom. The fourth-order valence-corrected chi connectivity index (χ4v) is 0.705. The molecule has 0 aliphatic heterocycles. The molecule has 0 heterocycles. The number of hydrogen-bond donors (Lipinski definition) is 3. The van der Waals surface area contributed by atoms with Gasteiger partial charge in [0.1, 0.15) is 0 Å². The first-order valence-corrected chi connectivity index (χ1v) is 3.05. The molecule has 0 fully saturated rings. The Labute approximate surface area is 64.0 Å². The van der Waals surface area contributed by atoms with Crippen LogP contribution in [0.2, 0.25) is 0 Å². The molecule has 11 heavy (non-hydrogen) atoms. The van der Waals surface area contributed by atoms with Crippen LogP contribution in [0.15, 0.2) is 18.2 Å². The summed E-state index contributed by atoms with van der Waals surface area (Å²) >= 11 is 0. The van der Waals surface area contributed by atoms with Crippen molar-refractivity contribution in [2.75, 3.05) is 12.6 Å². The number of anilines is 1. The van der Waals surface area contributed by atoms with Crippen LogP contribution < -0.4 is 5.48 Å². The molecule has 3 N–H and O–H groups in total. The molecule has 4 heteroatoms. The van der Waals surface area contributed by atoms with Gasteiger partial charge in [0.25, 0.3) is 0 Å². The molecule has 0 radical (unpaired) electrons. The van der Waals surface area contributed by atoms with E-state index in [9.17, 15) is 0 Å². The third-order valence-electron chi connectivity index (χ3n) is 1.20. The third kappa shape index (κ3) is 1.75. The first-order chi connectivity index (χ1) is 5.24. The Balaban J connectivity index is 2.86. The Morgan fingerprint density at radius 3 is 2.55 bits per heavy atom. The van der Waals surface area contributed by atoms with Crippen molar-refractivity contribution in [3.8, 4) is 11.5 Å². The number of rotatable bonds is 2. The molecule has 0 unspecified atom stereocenters. The Morgan fingerprint density at radius 1 is 1.27 bits per heavy atom. The summed E-state index contributed by atoms with van der Waals surface area (Å²) in [7, 11) is 1.46. The minimum absolute atomic E-state index is 0.147. The SMILES string of the molecule is CONc1ccc(O)c(O)c1. The number of aromatic hydroxyl groups is 2. The Kier molecular flexibility index (Phi) is 2.18. The molecule has 60 valence electrons. The predicted octanol–water partition coefficient (Wildman–Crippen LogP) is 1.07. The van der Waals surface area contributed by atoms with Crippen molar-refractivity contribution in [1.29, 1.82) is 0 Å². The number of benzene rings is 1. The average Bonchev–Trinajstić information content (AvgIpc) is 1.98. The molecular formula is C7H9NO3. The van der Waals surface area contributed by atoms with E-state index in [0.717, 1.165) is 0 Å². The molecular weight excluding hydrogens is 146 g/mol. The summed E-state index contributed by atoms with van der Waals surface area (Å²) in [6.45, 7) is 0. The first kappa shape index (κ1) is 7.68. The second-order valence-electron chi connectivity index (χ2n) is 2.01. The summed E-state index contributed by atoms with van der Waals surface area (Å²) in [6.07, 6.45) is 0. The van der Waals surface area contributed by atoms with Gasteiger partial charge >= 0.3 is 0 Å². The number of hydrogen-bond acceptors (Lipinski definition) is 4. The lowest BCUT2D eigenvalue weighted by atomic mass is 10.3. The summed E-state index contributed by atoms with van der Waals surface area (Å²) < 4.78 is 0. The number of nitrogens with one attached hydrogen (secondary N) is 1. The maximum absolute atomic E-state index is 8.98. The Bertz CT molecular complexity index is 249. The van der Waals surface area contributed by atoms with Crippen LogP contribution in [0.1, 0.15) is 0 Å². The van der Waals surface area contributed by atoms with Crippen molar-refractivity contribution in [3.05, 3.63) is 18.2 Å². The second kappa shape index (κ2) is 3.12. The number of phenolic OH excluding ortho intramolecular Hbond substituents is 2. The lowest BCUT2D eigenvalue weighted by Crippen LogP contribution is -1.94. The highest BCUT2D eigenvalue weighted by atomic mass is 16.6. The molecule has 1 aromatic carbocycles. The standard InChI is InChI=1S/C7H9NO3/c1-11-8-5-2-3-6(9)7(10)4-5/h2-4,8-10H,1H3. The van der Waals surface area contributed by atoms with Gasteiger partial charge in [-0.2, -0.15) is 0 Å². The molecule has 0 saturated heterocycles. The van der Waals surface area contributed by atoms with Crippen LogP contribution in [0.5, 0.6) is 11.5 Å². The summed E-state index contributed by atoms with van der Waals surface area (Å²) in [4.78, 5) is 4.58. The van der Waals surface area contributed by atoms with E-state index in [4.69, 9.17) is 10.2 Å². The predicted molar refractivity (Wildman–Crippen MR) is 40.4 cm³/mol. The molecule has 0 aliphatic rings. The fourth-order valence-electron chi connectivity index (χ4n) is 0.705. The minimum Gasteiger partial charge on any atom is -0.504 e. The highest BCUT2D eigenvalue weighted by Crippen LogP contribution is 2.26. The zero-order valence-electron chi connectivity index (χ0n) is 6.03. The summed E-state index contributed by atoms with van der Waals surface area (Å²) in [5.41, 5.74) is 3.09. The van der Waals surface area contributed by atoms with Crippen molar-refractivity contribution in [3.63, 3.8) is 0 Å². The van der Waals surface area contributed by atoms with Crippen molar-refractivity contribution in [2.45, 2.75) is 0 Å². The van der Waals surface area contributed by atoms with Gasteiger partial charge in [-0.3, -0.25) is 10.3 Å². The molecule has 0 aliphatic carbocycles. The lowest BCUT2D eigenvalue weighted by Gasteiger charge is -2.03. The molecule has 0 amide bonds. The topological polar surface area (TPSA) is 61.7 Å². The van der Waals surface area contributed by atoms with Crippen LogP contribution in [0.3, 0.4) is 0 Å². The first-order valence-electron chi connectivity index (χ1n) is 3.05. The maximum Gasteiger partial charge on any atom is 0.159 e. The van der Waals surface area contributed by atoms with Crippen molar-refractivity contribution in [1.82, 2.24) is 0 Å².